The highest BCUT2D eigenvalue weighted by Crippen LogP contribution is 2.45. The number of carbonyl (C=O) groups excluding carboxylic acids is 1. The smallest absolute Gasteiger partial charge is 0.249 e. The molecule has 0 radical (unpaired) electrons. The lowest BCUT2D eigenvalue weighted by molar-refractivity contribution is -0.150. The lowest BCUT2D eigenvalue weighted by Gasteiger charge is -2.20. The minimum atomic E-state index is -0.305. The molecule has 70 valence electrons. The zero-order valence-corrected chi connectivity index (χ0v) is 8.23. The Labute approximate surface area is 73.4 Å². The fourth-order valence-electron chi connectivity index (χ4n) is 0.737. The number of hydrogen-bond acceptors (Lipinski definition) is 2. The second-order valence-corrected chi connectivity index (χ2v) is 4.71. The SMILES string of the molecule is CC(C)(C)ONC(=O)C1(C)CC1. The highest BCUT2D eigenvalue weighted by molar-refractivity contribution is 5.83. The lowest BCUT2D eigenvalue weighted by Crippen LogP contribution is -2.37. The molecule has 0 unspecified atom stereocenters. The van der Waals surface area contributed by atoms with Crippen LogP contribution in [0, 0.1) is 5.41 Å². The van der Waals surface area contributed by atoms with Gasteiger partial charge in [0.05, 0.1) is 5.60 Å². The van der Waals surface area contributed by atoms with E-state index in [9.17, 15) is 4.79 Å². The van der Waals surface area contributed by atoms with Crippen LogP contribution < -0.4 is 5.48 Å². The van der Waals surface area contributed by atoms with Gasteiger partial charge in [0, 0.05) is 5.41 Å². The number of rotatable bonds is 2. The topological polar surface area (TPSA) is 38.3 Å². The first kappa shape index (κ1) is 9.52. The minimum Gasteiger partial charge on any atom is -0.272 e. The third-order valence-electron chi connectivity index (χ3n) is 2.00. The molecule has 1 fully saturated rings. The Kier molecular flexibility index (Phi) is 2.17. The molecule has 1 rings (SSSR count). The van der Waals surface area contributed by atoms with E-state index in [2.05, 4.69) is 5.48 Å². The average Bonchev–Trinajstić information content (AvgIpc) is 2.62. The summed E-state index contributed by atoms with van der Waals surface area (Å²) >= 11 is 0. The van der Waals surface area contributed by atoms with Crippen molar-refractivity contribution < 1.29 is 9.63 Å². The zero-order chi connectivity index (χ0) is 9.41. The van der Waals surface area contributed by atoms with E-state index in [-0.39, 0.29) is 16.9 Å². The van der Waals surface area contributed by atoms with Gasteiger partial charge in [0.2, 0.25) is 5.91 Å². The maximum atomic E-state index is 11.3. The highest BCUT2D eigenvalue weighted by atomic mass is 16.7. The zero-order valence-electron chi connectivity index (χ0n) is 8.23. The van der Waals surface area contributed by atoms with Gasteiger partial charge in [-0.1, -0.05) is 6.92 Å². The number of amides is 1. The Morgan fingerprint density at radius 2 is 1.92 bits per heavy atom. The van der Waals surface area contributed by atoms with Crippen molar-refractivity contribution in [1.82, 2.24) is 5.48 Å². The molecule has 1 amide bonds. The van der Waals surface area contributed by atoms with Gasteiger partial charge in [-0.25, -0.2) is 5.48 Å². The number of carbonyl (C=O) groups is 1. The Bertz CT molecular complexity index is 189. The van der Waals surface area contributed by atoms with Gasteiger partial charge in [-0.3, -0.25) is 9.63 Å². The number of hydrogen-bond donors (Lipinski definition) is 1. The van der Waals surface area contributed by atoms with Crippen molar-refractivity contribution in [2.75, 3.05) is 0 Å². The van der Waals surface area contributed by atoms with E-state index in [0.717, 1.165) is 12.8 Å². The second-order valence-electron chi connectivity index (χ2n) is 4.71. The highest BCUT2D eigenvalue weighted by Gasteiger charge is 2.45. The van der Waals surface area contributed by atoms with Crippen molar-refractivity contribution in [3.63, 3.8) is 0 Å². The second kappa shape index (κ2) is 2.73. The fraction of sp³-hybridized carbons (Fsp3) is 0.889. The van der Waals surface area contributed by atoms with Gasteiger partial charge in [-0.05, 0) is 33.6 Å². The molecule has 12 heavy (non-hydrogen) atoms. The van der Waals surface area contributed by atoms with E-state index >= 15 is 0 Å². The summed E-state index contributed by atoms with van der Waals surface area (Å²) in [7, 11) is 0. The van der Waals surface area contributed by atoms with Gasteiger partial charge in [-0.2, -0.15) is 0 Å². The van der Waals surface area contributed by atoms with Crippen molar-refractivity contribution in [3.8, 4) is 0 Å². The van der Waals surface area contributed by atoms with Crippen molar-refractivity contribution in [2.24, 2.45) is 5.41 Å². The average molecular weight is 171 g/mol. The van der Waals surface area contributed by atoms with Crippen LogP contribution in [0.5, 0.6) is 0 Å². The van der Waals surface area contributed by atoms with Gasteiger partial charge >= 0.3 is 0 Å². The molecule has 1 aliphatic carbocycles. The standard InChI is InChI=1S/C9H17NO2/c1-8(2,3)12-10-7(11)9(4)5-6-9/h5-6H2,1-4H3,(H,10,11). The Hall–Kier alpha value is -0.570. The van der Waals surface area contributed by atoms with Crippen LogP contribution >= 0.6 is 0 Å². The first-order valence-electron chi connectivity index (χ1n) is 4.32. The third kappa shape index (κ3) is 2.48. The summed E-state index contributed by atoms with van der Waals surface area (Å²) in [5.41, 5.74) is 2.03. The summed E-state index contributed by atoms with van der Waals surface area (Å²) in [5, 5.41) is 0. The summed E-state index contributed by atoms with van der Waals surface area (Å²) in [6.45, 7) is 7.67. The van der Waals surface area contributed by atoms with Gasteiger partial charge in [0.25, 0.3) is 0 Å². The van der Waals surface area contributed by atoms with Crippen LogP contribution in [0.3, 0.4) is 0 Å². The van der Waals surface area contributed by atoms with E-state index in [4.69, 9.17) is 4.84 Å². The molecule has 1 saturated carbocycles. The summed E-state index contributed by atoms with van der Waals surface area (Å²) in [6.07, 6.45) is 1.96. The summed E-state index contributed by atoms with van der Waals surface area (Å²) in [4.78, 5) is 16.5. The molecule has 3 nitrogen and oxygen atoms in total. The Morgan fingerprint density at radius 1 is 1.42 bits per heavy atom. The van der Waals surface area contributed by atoms with Gasteiger partial charge in [0.1, 0.15) is 0 Å². The predicted molar refractivity (Wildman–Crippen MR) is 46.3 cm³/mol. The van der Waals surface area contributed by atoms with Crippen LogP contribution in [-0.2, 0) is 9.63 Å². The molecular formula is C9H17NO2. The normalized spacial score (nSPS) is 20.3. The van der Waals surface area contributed by atoms with Gasteiger partial charge in [0.15, 0.2) is 0 Å². The molecular weight excluding hydrogens is 154 g/mol. The molecule has 0 aromatic carbocycles. The van der Waals surface area contributed by atoms with E-state index in [1.54, 1.807) is 0 Å². The molecule has 3 heteroatoms. The van der Waals surface area contributed by atoms with E-state index < -0.39 is 0 Å². The molecule has 1 N–H and O–H groups in total. The number of hydroxylamine groups is 1. The lowest BCUT2D eigenvalue weighted by atomic mass is 10.1. The van der Waals surface area contributed by atoms with Crippen LogP contribution in [0.1, 0.15) is 40.5 Å². The van der Waals surface area contributed by atoms with Gasteiger partial charge < -0.3 is 0 Å². The molecule has 0 heterocycles. The largest absolute Gasteiger partial charge is 0.272 e. The minimum absolute atomic E-state index is 0.0115. The van der Waals surface area contributed by atoms with Gasteiger partial charge in [-0.15, -0.1) is 0 Å². The molecule has 0 spiro atoms. The van der Waals surface area contributed by atoms with E-state index in [1.807, 2.05) is 27.7 Å². The Balaban J connectivity index is 2.29. The van der Waals surface area contributed by atoms with Crippen molar-refractivity contribution in [1.29, 1.82) is 0 Å². The summed E-state index contributed by atoms with van der Waals surface area (Å²) in [5.74, 6) is 0.0115. The maximum absolute atomic E-state index is 11.3. The third-order valence-corrected chi connectivity index (χ3v) is 2.00. The van der Waals surface area contributed by atoms with Crippen LogP contribution in [0.25, 0.3) is 0 Å². The van der Waals surface area contributed by atoms with Crippen LogP contribution in [-0.4, -0.2) is 11.5 Å². The summed E-state index contributed by atoms with van der Waals surface area (Å²) < 4.78 is 0. The number of nitrogens with one attached hydrogen (secondary N) is 1. The quantitative estimate of drug-likeness (QED) is 0.641. The molecule has 1 aliphatic rings. The molecule has 0 bridgehead atoms. The molecule has 0 saturated heterocycles. The first-order chi connectivity index (χ1) is 5.33. The van der Waals surface area contributed by atoms with Crippen LogP contribution in [0.15, 0.2) is 0 Å². The molecule has 0 atom stereocenters. The molecule has 0 aromatic heterocycles. The van der Waals surface area contributed by atoms with E-state index in [0.29, 0.717) is 0 Å². The molecule has 0 aliphatic heterocycles. The van der Waals surface area contributed by atoms with Crippen molar-refractivity contribution in [3.05, 3.63) is 0 Å². The predicted octanol–water partition coefficient (Wildman–Crippen LogP) is 1.63. The van der Waals surface area contributed by atoms with Crippen molar-refractivity contribution >= 4 is 5.91 Å². The fourth-order valence-corrected chi connectivity index (χ4v) is 0.737. The van der Waals surface area contributed by atoms with Crippen LogP contribution in [0.2, 0.25) is 0 Å². The monoisotopic (exact) mass is 171 g/mol. The maximum Gasteiger partial charge on any atom is 0.249 e. The Morgan fingerprint density at radius 3 is 2.25 bits per heavy atom. The molecule has 0 aromatic rings. The first-order valence-corrected chi connectivity index (χ1v) is 4.32. The van der Waals surface area contributed by atoms with E-state index in [1.165, 1.54) is 0 Å². The van der Waals surface area contributed by atoms with Crippen LogP contribution in [0.4, 0.5) is 0 Å². The van der Waals surface area contributed by atoms with Crippen molar-refractivity contribution in [2.45, 2.75) is 46.1 Å². The summed E-state index contributed by atoms with van der Waals surface area (Å²) in [6, 6.07) is 0.